The van der Waals surface area contributed by atoms with Gasteiger partial charge < -0.3 is 11.1 Å². The van der Waals surface area contributed by atoms with E-state index in [-0.39, 0.29) is 16.8 Å². The molecular weight excluding hydrogens is 259 g/mol. The van der Waals surface area contributed by atoms with Crippen molar-refractivity contribution in [2.24, 2.45) is 5.73 Å². The molecule has 0 bridgehead atoms. The maximum Gasteiger partial charge on any atom is 0.135 e. The fraction of sp³-hybridized carbons (Fsp3) is 0.533. The minimum Gasteiger partial charge on any atom is -0.389 e. The van der Waals surface area contributed by atoms with Crippen LogP contribution in [0.2, 0.25) is 0 Å². The van der Waals surface area contributed by atoms with Gasteiger partial charge in [-0.3, -0.25) is 0 Å². The molecule has 1 rings (SSSR count). The van der Waals surface area contributed by atoms with E-state index in [1.807, 2.05) is 6.07 Å². The van der Waals surface area contributed by atoms with Crippen molar-refractivity contribution in [3.63, 3.8) is 0 Å². The molecule has 1 aromatic rings. The largest absolute Gasteiger partial charge is 0.389 e. The first-order chi connectivity index (χ1) is 9.06. The Hall–Kier alpha value is -1.16. The van der Waals surface area contributed by atoms with Gasteiger partial charge in [-0.15, -0.1) is 0 Å². The summed E-state index contributed by atoms with van der Waals surface area (Å²) in [4.78, 5) is 0.0961. The SMILES string of the molecule is CCCCCCC(C)Nc1cccc(F)c1C(N)=S. The average molecular weight is 282 g/mol. The van der Waals surface area contributed by atoms with Gasteiger partial charge in [-0.2, -0.15) is 0 Å². The summed E-state index contributed by atoms with van der Waals surface area (Å²) in [5.74, 6) is -0.365. The van der Waals surface area contributed by atoms with E-state index in [2.05, 4.69) is 19.2 Å². The number of benzene rings is 1. The molecule has 4 heteroatoms. The summed E-state index contributed by atoms with van der Waals surface area (Å²) in [7, 11) is 0. The monoisotopic (exact) mass is 282 g/mol. The molecule has 3 N–H and O–H groups in total. The first-order valence-electron chi connectivity index (χ1n) is 6.91. The second-order valence-electron chi connectivity index (χ2n) is 4.92. The number of thiocarbonyl (C=S) groups is 1. The zero-order valence-electron chi connectivity index (χ0n) is 11.7. The highest BCUT2D eigenvalue weighted by atomic mass is 32.1. The highest BCUT2D eigenvalue weighted by Gasteiger charge is 2.12. The number of anilines is 1. The normalized spacial score (nSPS) is 12.2. The van der Waals surface area contributed by atoms with Crippen LogP contribution >= 0.6 is 12.2 Å². The van der Waals surface area contributed by atoms with Crippen LogP contribution in [-0.2, 0) is 0 Å². The van der Waals surface area contributed by atoms with Crippen molar-refractivity contribution in [1.29, 1.82) is 0 Å². The van der Waals surface area contributed by atoms with Crippen LogP contribution in [0.4, 0.5) is 10.1 Å². The molecule has 0 aliphatic heterocycles. The third-order valence-corrected chi connectivity index (χ3v) is 3.36. The topological polar surface area (TPSA) is 38.0 Å². The van der Waals surface area contributed by atoms with Crippen LogP contribution in [0.1, 0.15) is 51.5 Å². The third-order valence-electron chi connectivity index (χ3n) is 3.15. The first kappa shape index (κ1) is 15.9. The van der Waals surface area contributed by atoms with Gasteiger partial charge >= 0.3 is 0 Å². The molecule has 1 atom stereocenters. The maximum absolute atomic E-state index is 13.7. The Morgan fingerprint density at radius 1 is 1.37 bits per heavy atom. The lowest BCUT2D eigenvalue weighted by molar-refractivity contribution is 0.592. The molecule has 1 unspecified atom stereocenters. The van der Waals surface area contributed by atoms with Crippen LogP contribution in [0.5, 0.6) is 0 Å². The van der Waals surface area contributed by atoms with E-state index >= 15 is 0 Å². The lowest BCUT2D eigenvalue weighted by atomic mass is 10.1. The summed E-state index contributed by atoms with van der Waals surface area (Å²) >= 11 is 4.91. The lowest BCUT2D eigenvalue weighted by Gasteiger charge is -2.18. The molecule has 0 aliphatic carbocycles. The van der Waals surface area contributed by atoms with Crippen molar-refractivity contribution in [3.8, 4) is 0 Å². The molecule has 0 saturated heterocycles. The Balaban J connectivity index is 2.61. The Bertz CT molecular complexity index is 421. The first-order valence-corrected chi connectivity index (χ1v) is 7.32. The summed E-state index contributed by atoms with van der Waals surface area (Å²) in [6.07, 6.45) is 5.99. The molecule has 1 aromatic carbocycles. The summed E-state index contributed by atoms with van der Waals surface area (Å²) in [5, 5.41) is 3.30. The lowest BCUT2D eigenvalue weighted by Crippen LogP contribution is -2.20. The summed E-state index contributed by atoms with van der Waals surface area (Å²) in [6.45, 7) is 4.29. The molecule has 0 amide bonds. The van der Waals surface area contributed by atoms with Gasteiger partial charge in [-0.25, -0.2) is 4.39 Å². The van der Waals surface area contributed by atoms with Crippen LogP contribution in [0.15, 0.2) is 18.2 Å². The number of nitrogens with one attached hydrogen (secondary N) is 1. The number of hydrogen-bond donors (Lipinski definition) is 2. The zero-order chi connectivity index (χ0) is 14.3. The number of unbranched alkanes of at least 4 members (excludes halogenated alkanes) is 3. The van der Waals surface area contributed by atoms with Crippen LogP contribution in [0.3, 0.4) is 0 Å². The van der Waals surface area contributed by atoms with E-state index in [4.69, 9.17) is 18.0 Å². The van der Waals surface area contributed by atoms with Gasteiger partial charge in [0.25, 0.3) is 0 Å². The van der Waals surface area contributed by atoms with Crippen LogP contribution in [0, 0.1) is 5.82 Å². The highest BCUT2D eigenvalue weighted by molar-refractivity contribution is 7.80. The molecular formula is C15H23FN2S. The zero-order valence-corrected chi connectivity index (χ0v) is 12.5. The average Bonchev–Trinajstić information content (AvgIpc) is 2.34. The molecule has 0 fully saturated rings. The molecule has 0 saturated carbocycles. The molecule has 0 spiro atoms. The van der Waals surface area contributed by atoms with Crippen molar-refractivity contribution < 1.29 is 4.39 Å². The summed E-state index contributed by atoms with van der Waals surface area (Å²) < 4.78 is 13.7. The predicted molar refractivity (Wildman–Crippen MR) is 84.1 cm³/mol. The van der Waals surface area contributed by atoms with Crippen LogP contribution in [0.25, 0.3) is 0 Å². The van der Waals surface area contributed by atoms with E-state index in [1.165, 1.54) is 31.7 Å². The quantitative estimate of drug-likeness (QED) is 0.553. The summed E-state index contributed by atoms with van der Waals surface area (Å²) in [6, 6.07) is 5.15. The van der Waals surface area contributed by atoms with E-state index in [9.17, 15) is 4.39 Å². The van der Waals surface area contributed by atoms with Crippen molar-refractivity contribution in [2.45, 2.75) is 52.0 Å². The molecule has 0 heterocycles. The van der Waals surface area contributed by atoms with E-state index in [0.717, 1.165) is 6.42 Å². The van der Waals surface area contributed by atoms with Gasteiger partial charge in [-0.05, 0) is 25.5 Å². The third kappa shape index (κ3) is 5.15. The standard InChI is InChI=1S/C15H23FN2S/c1-3-4-5-6-8-11(2)18-13-10-7-9-12(16)14(13)15(17)19/h7,9-11,18H,3-6,8H2,1-2H3,(H2,17,19). The highest BCUT2D eigenvalue weighted by Crippen LogP contribution is 2.21. The number of hydrogen-bond acceptors (Lipinski definition) is 2. The number of halogens is 1. The van der Waals surface area contributed by atoms with Gasteiger partial charge in [-0.1, -0.05) is 50.9 Å². The van der Waals surface area contributed by atoms with Gasteiger partial charge in [0.15, 0.2) is 0 Å². The van der Waals surface area contributed by atoms with Crippen molar-refractivity contribution in [1.82, 2.24) is 0 Å². The van der Waals surface area contributed by atoms with Gasteiger partial charge in [0, 0.05) is 11.7 Å². The van der Waals surface area contributed by atoms with Gasteiger partial charge in [0.05, 0.1) is 5.56 Å². The fourth-order valence-electron chi connectivity index (χ4n) is 2.11. The second kappa shape index (κ2) is 8.10. The Morgan fingerprint density at radius 3 is 2.74 bits per heavy atom. The second-order valence-corrected chi connectivity index (χ2v) is 5.36. The fourth-order valence-corrected chi connectivity index (χ4v) is 2.32. The number of rotatable bonds is 8. The van der Waals surface area contributed by atoms with Gasteiger partial charge in [0.2, 0.25) is 0 Å². The number of nitrogens with two attached hydrogens (primary N) is 1. The van der Waals surface area contributed by atoms with Crippen molar-refractivity contribution in [2.75, 3.05) is 5.32 Å². The van der Waals surface area contributed by atoms with E-state index in [1.54, 1.807) is 6.07 Å². The predicted octanol–water partition coefficient (Wildman–Crippen LogP) is 4.23. The molecule has 19 heavy (non-hydrogen) atoms. The molecule has 106 valence electrons. The van der Waals surface area contributed by atoms with Crippen molar-refractivity contribution >= 4 is 22.9 Å². The van der Waals surface area contributed by atoms with E-state index < -0.39 is 0 Å². The van der Waals surface area contributed by atoms with Gasteiger partial charge in [0.1, 0.15) is 10.8 Å². The Labute approximate surface area is 120 Å². The molecule has 0 radical (unpaired) electrons. The van der Waals surface area contributed by atoms with E-state index in [0.29, 0.717) is 11.3 Å². The molecule has 0 aromatic heterocycles. The van der Waals surface area contributed by atoms with Crippen molar-refractivity contribution in [3.05, 3.63) is 29.6 Å². The smallest absolute Gasteiger partial charge is 0.135 e. The Kier molecular flexibility index (Phi) is 6.78. The summed E-state index contributed by atoms with van der Waals surface area (Å²) in [5.41, 5.74) is 6.59. The minimum atomic E-state index is -0.365. The maximum atomic E-state index is 13.7. The van der Waals surface area contributed by atoms with Crippen LogP contribution in [-0.4, -0.2) is 11.0 Å². The molecule has 2 nitrogen and oxygen atoms in total. The van der Waals surface area contributed by atoms with Crippen LogP contribution < -0.4 is 11.1 Å². The molecule has 0 aliphatic rings. The minimum absolute atomic E-state index is 0.0961. The Morgan fingerprint density at radius 2 is 2.11 bits per heavy atom.